The topological polar surface area (TPSA) is 49.4 Å². The number of amides is 2. The van der Waals surface area contributed by atoms with Gasteiger partial charge >= 0.3 is 0 Å². The van der Waals surface area contributed by atoms with E-state index in [4.69, 9.17) is 0 Å². The van der Waals surface area contributed by atoms with E-state index in [1.165, 1.54) is 27.3 Å². The van der Waals surface area contributed by atoms with Crippen molar-refractivity contribution >= 4 is 23.2 Å². The van der Waals surface area contributed by atoms with E-state index in [1.807, 2.05) is 29.2 Å². The van der Waals surface area contributed by atoms with Gasteiger partial charge in [-0.15, -0.1) is 11.3 Å². The fourth-order valence-corrected chi connectivity index (χ4v) is 4.99. The highest BCUT2D eigenvalue weighted by Crippen LogP contribution is 2.45. The van der Waals surface area contributed by atoms with E-state index in [0.717, 1.165) is 17.7 Å². The summed E-state index contributed by atoms with van der Waals surface area (Å²) in [4.78, 5) is 28.9. The largest absolute Gasteiger partial charge is 0.346 e. The van der Waals surface area contributed by atoms with Gasteiger partial charge in [0.2, 0.25) is 5.91 Å². The first kappa shape index (κ1) is 17.3. The minimum atomic E-state index is -0.0838. The molecule has 4 nitrogen and oxygen atoms in total. The zero-order valence-electron chi connectivity index (χ0n) is 15.2. The molecular formula is C21H24N2O2S. The number of thiophene rings is 1. The van der Waals surface area contributed by atoms with Gasteiger partial charge in [0.1, 0.15) is 0 Å². The maximum absolute atomic E-state index is 12.5. The molecule has 2 fully saturated rings. The van der Waals surface area contributed by atoms with Gasteiger partial charge < -0.3 is 10.2 Å². The number of aryl methyl sites for hydroxylation is 2. The Morgan fingerprint density at radius 1 is 1.31 bits per heavy atom. The van der Waals surface area contributed by atoms with Crippen LogP contribution in [0.1, 0.15) is 51.4 Å². The summed E-state index contributed by atoms with van der Waals surface area (Å²) in [5.41, 5.74) is 2.53. The molecule has 1 aliphatic carbocycles. The minimum absolute atomic E-state index is 0.0483. The van der Waals surface area contributed by atoms with Crippen LogP contribution in [-0.4, -0.2) is 35.3 Å². The van der Waals surface area contributed by atoms with Crippen molar-refractivity contribution in [3.05, 3.63) is 57.3 Å². The molecule has 136 valence electrons. The Hall–Kier alpha value is -2.14. The molecule has 1 saturated carbocycles. The lowest BCUT2D eigenvalue weighted by molar-refractivity contribution is -0.128. The lowest BCUT2D eigenvalue weighted by Gasteiger charge is -2.17. The van der Waals surface area contributed by atoms with Crippen LogP contribution < -0.4 is 5.32 Å². The number of carbonyl (C=O) groups excluding carboxylic acids is 2. The second kappa shape index (κ2) is 6.88. The highest BCUT2D eigenvalue weighted by molar-refractivity contribution is 7.14. The Morgan fingerprint density at radius 3 is 2.77 bits per heavy atom. The number of hydrogen-bond acceptors (Lipinski definition) is 3. The van der Waals surface area contributed by atoms with Crippen molar-refractivity contribution in [3.8, 4) is 0 Å². The fraction of sp³-hybridized carbons (Fsp3) is 0.429. The molecule has 1 aromatic heterocycles. The molecule has 1 N–H and O–H groups in total. The molecule has 2 aliphatic rings. The van der Waals surface area contributed by atoms with Gasteiger partial charge in [-0.25, -0.2) is 0 Å². The second-order valence-electron chi connectivity index (χ2n) is 7.29. The monoisotopic (exact) mass is 368 g/mol. The van der Waals surface area contributed by atoms with Crippen molar-refractivity contribution in [3.63, 3.8) is 0 Å². The van der Waals surface area contributed by atoms with Gasteiger partial charge in [-0.1, -0.05) is 37.3 Å². The highest BCUT2D eigenvalue weighted by Gasteiger charge is 2.48. The summed E-state index contributed by atoms with van der Waals surface area (Å²) in [6.07, 6.45) is 2.38. The number of carbonyl (C=O) groups is 2. The summed E-state index contributed by atoms with van der Waals surface area (Å²) in [5, 5.41) is 3.07. The van der Waals surface area contributed by atoms with Crippen molar-refractivity contribution in [1.29, 1.82) is 0 Å². The zero-order valence-corrected chi connectivity index (χ0v) is 16.0. The van der Waals surface area contributed by atoms with Crippen molar-refractivity contribution in [1.82, 2.24) is 10.2 Å². The van der Waals surface area contributed by atoms with E-state index in [2.05, 4.69) is 31.3 Å². The van der Waals surface area contributed by atoms with Gasteiger partial charge in [-0.3, -0.25) is 9.59 Å². The molecule has 5 heteroatoms. The number of hydrogen-bond donors (Lipinski definition) is 1. The van der Waals surface area contributed by atoms with Crippen LogP contribution in [0, 0.1) is 6.92 Å². The number of benzene rings is 1. The van der Waals surface area contributed by atoms with Crippen molar-refractivity contribution < 1.29 is 9.59 Å². The molecule has 4 rings (SSSR count). The Bertz CT molecular complexity index is 830. The van der Waals surface area contributed by atoms with E-state index >= 15 is 0 Å². The summed E-state index contributed by atoms with van der Waals surface area (Å²) in [6, 6.07) is 12.6. The molecule has 1 saturated heterocycles. The van der Waals surface area contributed by atoms with Gasteiger partial charge in [0, 0.05) is 29.8 Å². The van der Waals surface area contributed by atoms with E-state index < -0.39 is 0 Å². The van der Waals surface area contributed by atoms with Crippen LogP contribution in [0.5, 0.6) is 0 Å². The Balaban J connectivity index is 1.37. The maximum Gasteiger partial charge on any atom is 0.261 e. The summed E-state index contributed by atoms with van der Waals surface area (Å²) in [5.74, 6) is 0.560. The van der Waals surface area contributed by atoms with Crippen molar-refractivity contribution in [2.45, 2.75) is 51.1 Å². The Labute approximate surface area is 158 Å². The normalized spacial score (nSPS) is 24.8. The van der Waals surface area contributed by atoms with Crippen LogP contribution in [0.3, 0.4) is 0 Å². The van der Waals surface area contributed by atoms with Gasteiger partial charge in [0.15, 0.2) is 0 Å². The molecule has 3 atom stereocenters. The molecule has 1 aromatic carbocycles. The predicted octanol–water partition coefficient (Wildman–Crippen LogP) is 3.51. The van der Waals surface area contributed by atoms with Crippen LogP contribution in [-0.2, 0) is 11.2 Å². The van der Waals surface area contributed by atoms with E-state index in [-0.39, 0.29) is 17.9 Å². The first-order valence-electron chi connectivity index (χ1n) is 9.31. The molecule has 0 unspecified atom stereocenters. The van der Waals surface area contributed by atoms with Crippen LogP contribution in [0.4, 0.5) is 0 Å². The van der Waals surface area contributed by atoms with Crippen molar-refractivity contribution in [2.24, 2.45) is 0 Å². The number of rotatable bonds is 5. The standard InChI is InChI=1S/C21H24N2O2S/c1-3-14-9-19(26-13(14)2)21(25)22-16-10-20(24)23(12-16)18-11-17(18)15-7-5-4-6-8-15/h4-9,16-18H,3,10-12H2,1-2H3,(H,22,25)/t16-,17-,18+/m1/s1. The summed E-state index contributed by atoms with van der Waals surface area (Å²) in [6.45, 7) is 4.78. The molecule has 2 amide bonds. The maximum atomic E-state index is 12.5. The smallest absolute Gasteiger partial charge is 0.261 e. The lowest BCUT2D eigenvalue weighted by Crippen LogP contribution is -2.37. The third kappa shape index (κ3) is 3.28. The van der Waals surface area contributed by atoms with Gasteiger partial charge in [-0.2, -0.15) is 0 Å². The third-order valence-electron chi connectivity index (χ3n) is 5.50. The van der Waals surface area contributed by atoms with E-state index in [1.54, 1.807) is 0 Å². The third-order valence-corrected chi connectivity index (χ3v) is 6.60. The quantitative estimate of drug-likeness (QED) is 0.878. The Kier molecular flexibility index (Phi) is 4.57. The molecule has 26 heavy (non-hydrogen) atoms. The fourth-order valence-electron chi connectivity index (χ4n) is 3.97. The van der Waals surface area contributed by atoms with Crippen molar-refractivity contribution in [2.75, 3.05) is 6.54 Å². The van der Waals surface area contributed by atoms with Crippen LogP contribution in [0.2, 0.25) is 0 Å². The first-order valence-corrected chi connectivity index (χ1v) is 10.1. The van der Waals surface area contributed by atoms with Gasteiger partial charge in [0.25, 0.3) is 5.91 Å². The molecule has 0 radical (unpaired) electrons. The van der Waals surface area contributed by atoms with Crippen LogP contribution in [0.25, 0.3) is 0 Å². The zero-order chi connectivity index (χ0) is 18.3. The summed E-state index contributed by atoms with van der Waals surface area (Å²) >= 11 is 1.54. The van der Waals surface area contributed by atoms with E-state index in [0.29, 0.717) is 24.9 Å². The first-order chi connectivity index (χ1) is 12.6. The molecule has 1 aliphatic heterocycles. The van der Waals surface area contributed by atoms with E-state index in [9.17, 15) is 9.59 Å². The minimum Gasteiger partial charge on any atom is -0.346 e. The summed E-state index contributed by atoms with van der Waals surface area (Å²) < 4.78 is 0. The molecule has 0 spiro atoms. The number of nitrogens with zero attached hydrogens (tertiary/aromatic N) is 1. The number of nitrogens with one attached hydrogen (secondary N) is 1. The highest BCUT2D eigenvalue weighted by atomic mass is 32.1. The molecule has 2 aromatic rings. The molecule has 2 heterocycles. The van der Waals surface area contributed by atoms with Gasteiger partial charge in [0.05, 0.1) is 10.9 Å². The second-order valence-corrected chi connectivity index (χ2v) is 8.54. The average Bonchev–Trinajstić information content (AvgIpc) is 3.22. The molecular weight excluding hydrogens is 344 g/mol. The summed E-state index contributed by atoms with van der Waals surface area (Å²) in [7, 11) is 0. The van der Waals surface area contributed by atoms with Crippen LogP contribution in [0.15, 0.2) is 36.4 Å². The Morgan fingerprint density at radius 2 is 2.08 bits per heavy atom. The lowest BCUT2D eigenvalue weighted by atomic mass is 10.1. The average molecular weight is 369 g/mol. The molecule has 0 bridgehead atoms. The van der Waals surface area contributed by atoms with Crippen LogP contribution >= 0.6 is 11.3 Å². The number of likely N-dealkylation sites (tertiary alicyclic amines) is 1. The SMILES string of the molecule is CCc1cc(C(=O)N[C@@H]2CC(=O)N([C@H]3C[C@@H]3c3ccccc3)C2)sc1C. The van der Waals surface area contributed by atoms with Gasteiger partial charge in [-0.05, 0) is 37.0 Å². The predicted molar refractivity (Wildman–Crippen MR) is 104 cm³/mol.